The summed E-state index contributed by atoms with van der Waals surface area (Å²) in [7, 11) is 0. The molecule has 0 bridgehead atoms. The van der Waals surface area contributed by atoms with Gasteiger partial charge in [0.15, 0.2) is 0 Å². The van der Waals surface area contributed by atoms with Crippen LogP contribution in [0.15, 0.2) is 11.8 Å². The Hall–Kier alpha value is -0.500. The first kappa shape index (κ1) is 10.6. The van der Waals surface area contributed by atoms with Gasteiger partial charge >= 0.3 is 0 Å². The number of allylic oxidation sites excluding steroid dienone is 1. The SMILES string of the molecule is CC(C)=COCCC1(C)CCCO1. The Morgan fingerprint density at radius 2 is 2.31 bits per heavy atom. The molecule has 1 fully saturated rings. The van der Waals surface area contributed by atoms with Gasteiger partial charge in [0.1, 0.15) is 0 Å². The zero-order valence-corrected chi connectivity index (χ0v) is 8.93. The fourth-order valence-electron chi connectivity index (χ4n) is 1.53. The van der Waals surface area contributed by atoms with Crippen LogP contribution in [0.5, 0.6) is 0 Å². The zero-order chi connectivity index (χ0) is 9.73. The van der Waals surface area contributed by atoms with E-state index in [1.165, 1.54) is 18.4 Å². The molecular formula is C11H20O2. The zero-order valence-electron chi connectivity index (χ0n) is 8.93. The molecule has 1 heterocycles. The molecule has 1 rings (SSSR count). The Bertz CT molecular complexity index is 175. The Morgan fingerprint density at radius 3 is 2.85 bits per heavy atom. The van der Waals surface area contributed by atoms with Crippen LogP contribution in [0.4, 0.5) is 0 Å². The van der Waals surface area contributed by atoms with Crippen molar-refractivity contribution in [2.75, 3.05) is 13.2 Å². The summed E-state index contributed by atoms with van der Waals surface area (Å²) < 4.78 is 11.0. The van der Waals surface area contributed by atoms with Crippen LogP contribution in [-0.4, -0.2) is 18.8 Å². The smallest absolute Gasteiger partial charge is 0.0900 e. The summed E-state index contributed by atoms with van der Waals surface area (Å²) in [5.74, 6) is 0. The summed E-state index contributed by atoms with van der Waals surface area (Å²) in [5.41, 5.74) is 1.28. The second-order valence-electron chi connectivity index (χ2n) is 4.22. The van der Waals surface area contributed by atoms with E-state index < -0.39 is 0 Å². The van der Waals surface area contributed by atoms with Gasteiger partial charge in [-0.25, -0.2) is 0 Å². The predicted molar refractivity (Wildman–Crippen MR) is 53.6 cm³/mol. The Balaban J connectivity index is 2.15. The molecule has 1 unspecified atom stereocenters. The average molecular weight is 184 g/mol. The minimum atomic E-state index is 0.0789. The van der Waals surface area contributed by atoms with Crippen LogP contribution in [0.25, 0.3) is 0 Å². The van der Waals surface area contributed by atoms with Crippen molar-refractivity contribution in [2.24, 2.45) is 0 Å². The van der Waals surface area contributed by atoms with Crippen molar-refractivity contribution in [1.82, 2.24) is 0 Å². The van der Waals surface area contributed by atoms with E-state index in [2.05, 4.69) is 6.92 Å². The van der Waals surface area contributed by atoms with Gasteiger partial charge < -0.3 is 9.47 Å². The number of hydrogen-bond acceptors (Lipinski definition) is 2. The van der Waals surface area contributed by atoms with Gasteiger partial charge in [0.25, 0.3) is 0 Å². The van der Waals surface area contributed by atoms with E-state index in [0.29, 0.717) is 0 Å². The van der Waals surface area contributed by atoms with Crippen molar-refractivity contribution in [3.8, 4) is 0 Å². The van der Waals surface area contributed by atoms with E-state index >= 15 is 0 Å². The molecule has 0 aromatic carbocycles. The molecule has 1 aliphatic heterocycles. The first-order valence-electron chi connectivity index (χ1n) is 5.01. The lowest BCUT2D eigenvalue weighted by atomic mass is 9.99. The highest BCUT2D eigenvalue weighted by atomic mass is 16.5. The predicted octanol–water partition coefficient (Wildman–Crippen LogP) is 2.89. The normalized spacial score (nSPS) is 27.3. The molecule has 0 N–H and O–H groups in total. The van der Waals surface area contributed by atoms with Crippen LogP contribution in [0.1, 0.15) is 40.0 Å². The molecule has 13 heavy (non-hydrogen) atoms. The minimum Gasteiger partial charge on any atom is -0.501 e. The highest BCUT2D eigenvalue weighted by Crippen LogP contribution is 2.28. The molecule has 0 radical (unpaired) electrons. The van der Waals surface area contributed by atoms with Crippen molar-refractivity contribution >= 4 is 0 Å². The largest absolute Gasteiger partial charge is 0.501 e. The Kier molecular flexibility index (Phi) is 3.79. The topological polar surface area (TPSA) is 18.5 Å². The fraction of sp³-hybridized carbons (Fsp3) is 0.818. The summed E-state index contributed by atoms with van der Waals surface area (Å²) >= 11 is 0. The lowest BCUT2D eigenvalue weighted by Gasteiger charge is -2.22. The lowest BCUT2D eigenvalue weighted by Crippen LogP contribution is -2.24. The van der Waals surface area contributed by atoms with Gasteiger partial charge in [-0.15, -0.1) is 0 Å². The van der Waals surface area contributed by atoms with Crippen LogP contribution < -0.4 is 0 Å². The van der Waals surface area contributed by atoms with Crippen molar-refractivity contribution < 1.29 is 9.47 Å². The summed E-state index contributed by atoms with van der Waals surface area (Å²) in [6, 6.07) is 0. The number of ether oxygens (including phenoxy) is 2. The maximum Gasteiger partial charge on any atom is 0.0900 e. The average Bonchev–Trinajstić information content (AvgIpc) is 2.47. The third kappa shape index (κ3) is 3.81. The van der Waals surface area contributed by atoms with Crippen molar-refractivity contribution in [3.05, 3.63) is 11.8 Å². The molecule has 0 spiro atoms. The molecule has 0 aromatic rings. The van der Waals surface area contributed by atoms with Gasteiger partial charge in [-0.3, -0.25) is 0 Å². The van der Waals surface area contributed by atoms with Gasteiger partial charge in [0.2, 0.25) is 0 Å². The van der Waals surface area contributed by atoms with Crippen LogP contribution in [0.2, 0.25) is 0 Å². The van der Waals surface area contributed by atoms with Crippen molar-refractivity contribution in [1.29, 1.82) is 0 Å². The summed E-state index contributed by atoms with van der Waals surface area (Å²) in [6.45, 7) is 7.92. The summed E-state index contributed by atoms with van der Waals surface area (Å²) in [5, 5.41) is 0. The highest BCUT2D eigenvalue weighted by Gasteiger charge is 2.29. The summed E-state index contributed by atoms with van der Waals surface area (Å²) in [6.07, 6.45) is 5.18. The molecule has 0 aromatic heterocycles. The standard InChI is InChI=1S/C11H20O2/c1-10(2)9-12-8-6-11(3)5-4-7-13-11/h9H,4-8H2,1-3H3. The second kappa shape index (κ2) is 4.66. The van der Waals surface area contributed by atoms with E-state index in [0.717, 1.165) is 19.6 Å². The van der Waals surface area contributed by atoms with E-state index in [1.54, 1.807) is 0 Å². The molecule has 1 saturated heterocycles. The highest BCUT2D eigenvalue weighted by molar-refractivity contribution is 4.87. The molecule has 1 aliphatic rings. The maximum atomic E-state index is 5.65. The number of rotatable bonds is 4. The van der Waals surface area contributed by atoms with Crippen LogP contribution >= 0.6 is 0 Å². The Morgan fingerprint density at radius 1 is 1.54 bits per heavy atom. The minimum absolute atomic E-state index is 0.0789. The molecule has 0 amide bonds. The third-order valence-electron chi connectivity index (χ3n) is 2.37. The molecular weight excluding hydrogens is 164 g/mol. The molecule has 0 aliphatic carbocycles. The van der Waals surface area contributed by atoms with Gasteiger partial charge in [-0.1, -0.05) is 0 Å². The molecule has 76 valence electrons. The van der Waals surface area contributed by atoms with Crippen molar-refractivity contribution in [3.63, 3.8) is 0 Å². The van der Waals surface area contributed by atoms with Crippen LogP contribution in [0.3, 0.4) is 0 Å². The van der Waals surface area contributed by atoms with Gasteiger partial charge in [-0.2, -0.15) is 0 Å². The van der Waals surface area contributed by atoms with Gasteiger partial charge in [0.05, 0.1) is 18.5 Å². The second-order valence-corrected chi connectivity index (χ2v) is 4.22. The van der Waals surface area contributed by atoms with Crippen LogP contribution in [-0.2, 0) is 9.47 Å². The molecule has 1 atom stereocenters. The van der Waals surface area contributed by atoms with E-state index in [9.17, 15) is 0 Å². The molecule has 2 nitrogen and oxygen atoms in total. The first-order chi connectivity index (χ1) is 6.12. The van der Waals surface area contributed by atoms with Gasteiger partial charge in [0, 0.05) is 13.0 Å². The van der Waals surface area contributed by atoms with E-state index in [-0.39, 0.29) is 5.60 Å². The van der Waals surface area contributed by atoms with E-state index in [4.69, 9.17) is 9.47 Å². The number of hydrogen-bond donors (Lipinski definition) is 0. The van der Waals surface area contributed by atoms with Gasteiger partial charge in [-0.05, 0) is 39.2 Å². The maximum absolute atomic E-state index is 5.65. The fourth-order valence-corrected chi connectivity index (χ4v) is 1.53. The monoisotopic (exact) mass is 184 g/mol. The molecule has 2 heteroatoms. The van der Waals surface area contributed by atoms with Crippen LogP contribution in [0, 0.1) is 0 Å². The Labute approximate surface area is 80.9 Å². The van der Waals surface area contributed by atoms with E-state index in [1.807, 2.05) is 20.1 Å². The third-order valence-corrected chi connectivity index (χ3v) is 2.37. The molecule has 0 saturated carbocycles. The summed E-state index contributed by atoms with van der Waals surface area (Å²) in [4.78, 5) is 0. The van der Waals surface area contributed by atoms with Crippen molar-refractivity contribution in [2.45, 2.75) is 45.6 Å². The lowest BCUT2D eigenvalue weighted by molar-refractivity contribution is -0.000647. The first-order valence-corrected chi connectivity index (χ1v) is 5.01. The quantitative estimate of drug-likeness (QED) is 0.494.